The van der Waals surface area contributed by atoms with Gasteiger partial charge in [0.25, 0.3) is 0 Å². The number of anilines is 1. The highest BCUT2D eigenvalue weighted by atomic mass is 35.5. The summed E-state index contributed by atoms with van der Waals surface area (Å²) in [5.41, 5.74) is 3.25. The van der Waals surface area contributed by atoms with E-state index in [9.17, 15) is 4.79 Å². The number of ether oxygens (including phenoxy) is 1. The Balaban J connectivity index is 1.71. The molecule has 0 aliphatic carbocycles. The zero-order chi connectivity index (χ0) is 18.5. The normalized spacial score (nSPS) is 13.6. The van der Waals surface area contributed by atoms with E-state index in [1.54, 1.807) is 6.07 Å². The van der Waals surface area contributed by atoms with Gasteiger partial charge >= 0.3 is 5.63 Å². The van der Waals surface area contributed by atoms with Gasteiger partial charge in [0, 0.05) is 16.1 Å². The predicted molar refractivity (Wildman–Crippen MR) is 108 cm³/mol. The summed E-state index contributed by atoms with van der Waals surface area (Å²) in [5, 5.41) is 3.07. The fourth-order valence-corrected chi connectivity index (χ4v) is 3.90. The number of nitrogens with zero attached hydrogens (tertiary/aromatic N) is 1. The van der Waals surface area contributed by atoms with Gasteiger partial charge in [-0.3, -0.25) is 0 Å². The van der Waals surface area contributed by atoms with E-state index >= 15 is 0 Å². The highest BCUT2D eigenvalue weighted by Crippen LogP contribution is 2.37. The first kappa shape index (κ1) is 16.2. The van der Waals surface area contributed by atoms with Gasteiger partial charge in [-0.15, -0.1) is 0 Å². The van der Waals surface area contributed by atoms with Crippen LogP contribution in [0.15, 0.2) is 63.8 Å². The van der Waals surface area contributed by atoms with Crippen LogP contribution >= 0.6 is 11.6 Å². The molecule has 0 N–H and O–H groups in total. The van der Waals surface area contributed by atoms with Crippen molar-refractivity contribution in [2.45, 2.75) is 13.5 Å². The Kier molecular flexibility index (Phi) is 3.62. The standard InChI is InChI=1S/C22H16ClNO3/c1-13-6-7-14(23)10-19(13)24-11-18-20(26-12-24)9-8-16-15-4-2-3-5-17(15)22(25)27-21(16)18/h2-10H,11-12H2,1H3. The van der Waals surface area contributed by atoms with Gasteiger partial charge in [-0.2, -0.15) is 0 Å². The summed E-state index contributed by atoms with van der Waals surface area (Å²) < 4.78 is 11.7. The first-order chi connectivity index (χ1) is 13.1. The Hall–Kier alpha value is -2.98. The molecule has 3 aromatic carbocycles. The summed E-state index contributed by atoms with van der Waals surface area (Å²) >= 11 is 6.19. The van der Waals surface area contributed by atoms with E-state index in [4.69, 9.17) is 20.8 Å². The maximum atomic E-state index is 12.5. The van der Waals surface area contributed by atoms with Crippen LogP contribution in [0.5, 0.6) is 5.75 Å². The van der Waals surface area contributed by atoms with Crippen molar-refractivity contribution < 1.29 is 9.15 Å². The molecule has 134 valence electrons. The molecule has 0 amide bonds. The molecule has 4 aromatic rings. The summed E-state index contributed by atoms with van der Waals surface area (Å²) in [5.74, 6) is 0.747. The number of hydrogen-bond donors (Lipinski definition) is 0. The van der Waals surface area contributed by atoms with Gasteiger partial charge in [0.1, 0.15) is 11.3 Å². The minimum atomic E-state index is -0.331. The number of halogens is 1. The molecule has 27 heavy (non-hydrogen) atoms. The molecule has 0 saturated carbocycles. The second-order valence-corrected chi connectivity index (χ2v) is 7.19. The van der Waals surface area contributed by atoms with E-state index in [2.05, 4.69) is 4.90 Å². The molecular weight excluding hydrogens is 362 g/mol. The van der Waals surface area contributed by atoms with Crippen molar-refractivity contribution in [1.29, 1.82) is 0 Å². The number of benzene rings is 3. The van der Waals surface area contributed by atoms with Crippen LogP contribution in [0.3, 0.4) is 0 Å². The first-order valence-electron chi connectivity index (χ1n) is 8.73. The third-order valence-corrected chi connectivity index (χ3v) is 5.32. The molecule has 0 bridgehead atoms. The molecule has 0 fully saturated rings. The lowest BCUT2D eigenvalue weighted by Gasteiger charge is -2.32. The van der Waals surface area contributed by atoms with Crippen molar-refractivity contribution in [2.24, 2.45) is 0 Å². The van der Waals surface area contributed by atoms with Crippen molar-refractivity contribution in [3.8, 4) is 5.75 Å². The molecule has 1 aliphatic heterocycles. The van der Waals surface area contributed by atoms with E-state index in [0.717, 1.165) is 33.3 Å². The Morgan fingerprint density at radius 3 is 2.67 bits per heavy atom. The summed E-state index contributed by atoms with van der Waals surface area (Å²) in [6.45, 7) is 3.03. The lowest BCUT2D eigenvalue weighted by molar-refractivity contribution is 0.289. The van der Waals surface area contributed by atoms with Crippen molar-refractivity contribution in [2.75, 3.05) is 11.6 Å². The lowest BCUT2D eigenvalue weighted by Crippen LogP contribution is -2.32. The number of hydrogen-bond acceptors (Lipinski definition) is 4. The fraction of sp³-hybridized carbons (Fsp3) is 0.136. The molecule has 0 unspecified atom stereocenters. The molecule has 1 aliphatic rings. The van der Waals surface area contributed by atoms with E-state index in [-0.39, 0.29) is 5.63 Å². The third kappa shape index (κ3) is 2.56. The second kappa shape index (κ2) is 6.03. The van der Waals surface area contributed by atoms with E-state index in [1.807, 2.05) is 55.5 Å². The van der Waals surface area contributed by atoms with Crippen LogP contribution in [0.4, 0.5) is 5.69 Å². The number of rotatable bonds is 1. The summed E-state index contributed by atoms with van der Waals surface area (Å²) in [6, 6.07) is 17.2. The van der Waals surface area contributed by atoms with Crippen molar-refractivity contribution in [3.05, 3.63) is 81.2 Å². The molecule has 5 heteroatoms. The molecule has 5 rings (SSSR count). The average Bonchev–Trinajstić information content (AvgIpc) is 2.69. The maximum absolute atomic E-state index is 12.5. The highest BCUT2D eigenvalue weighted by Gasteiger charge is 2.23. The van der Waals surface area contributed by atoms with Crippen LogP contribution in [-0.2, 0) is 6.54 Å². The SMILES string of the molecule is Cc1ccc(Cl)cc1N1COc2ccc3c(oc(=O)c4ccccc43)c2C1. The minimum absolute atomic E-state index is 0.331. The molecule has 0 radical (unpaired) electrons. The van der Waals surface area contributed by atoms with Gasteiger partial charge < -0.3 is 14.1 Å². The van der Waals surface area contributed by atoms with Gasteiger partial charge in [-0.1, -0.05) is 35.9 Å². The smallest absolute Gasteiger partial charge is 0.344 e. The highest BCUT2D eigenvalue weighted by molar-refractivity contribution is 6.30. The molecular formula is C22H16ClNO3. The molecule has 0 atom stereocenters. The Labute approximate surface area is 160 Å². The van der Waals surface area contributed by atoms with Gasteiger partial charge in [0.05, 0.1) is 17.5 Å². The summed E-state index contributed by atoms with van der Waals surface area (Å²) in [7, 11) is 0. The Morgan fingerprint density at radius 2 is 1.81 bits per heavy atom. The minimum Gasteiger partial charge on any atom is -0.473 e. The van der Waals surface area contributed by atoms with Crippen molar-refractivity contribution in [1.82, 2.24) is 0 Å². The third-order valence-electron chi connectivity index (χ3n) is 5.09. The van der Waals surface area contributed by atoms with E-state index in [1.165, 1.54) is 0 Å². The van der Waals surface area contributed by atoms with Crippen LogP contribution in [0, 0.1) is 6.92 Å². The van der Waals surface area contributed by atoms with Crippen LogP contribution in [-0.4, -0.2) is 6.73 Å². The van der Waals surface area contributed by atoms with Gasteiger partial charge in [-0.05, 0) is 48.2 Å². The fourth-order valence-electron chi connectivity index (χ4n) is 3.73. The average molecular weight is 378 g/mol. The molecule has 2 heterocycles. The molecule has 0 saturated heterocycles. The number of aryl methyl sites for hydroxylation is 1. The molecule has 0 spiro atoms. The van der Waals surface area contributed by atoms with Crippen LogP contribution in [0.1, 0.15) is 11.1 Å². The zero-order valence-corrected chi connectivity index (χ0v) is 15.4. The van der Waals surface area contributed by atoms with E-state index in [0.29, 0.717) is 29.3 Å². The zero-order valence-electron chi connectivity index (χ0n) is 14.7. The first-order valence-corrected chi connectivity index (χ1v) is 9.11. The maximum Gasteiger partial charge on any atom is 0.344 e. The molecule has 4 nitrogen and oxygen atoms in total. The summed E-state index contributed by atoms with van der Waals surface area (Å²) in [4.78, 5) is 14.6. The predicted octanol–water partition coefficient (Wildman–Crippen LogP) is 5.26. The van der Waals surface area contributed by atoms with E-state index < -0.39 is 0 Å². The van der Waals surface area contributed by atoms with Gasteiger partial charge in [0.2, 0.25) is 0 Å². The van der Waals surface area contributed by atoms with Crippen molar-refractivity contribution in [3.63, 3.8) is 0 Å². The number of fused-ring (bicyclic) bond motifs is 5. The van der Waals surface area contributed by atoms with Crippen LogP contribution < -0.4 is 15.3 Å². The van der Waals surface area contributed by atoms with Crippen LogP contribution in [0.2, 0.25) is 5.02 Å². The molecule has 1 aromatic heterocycles. The van der Waals surface area contributed by atoms with Crippen molar-refractivity contribution >= 4 is 39.0 Å². The quantitative estimate of drug-likeness (QED) is 0.335. The van der Waals surface area contributed by atoms with Crippen LogP contribution in [0.25, 0.3) is 21.7 Å². The topological polar surface area (TPSA) is 42.7 Å². The Morgan fingerprint density at radius 1 is 1.00 bits per heavy atom. The lowest BCUT2D eigenvalue weighted by atomic mass is 10.0. The van der Waals surface area contributed by atoms with Gasteiger partial charge in [0.15, 0.2) is 6.73 Å². The second-order valence-electron chi connectivity index (χ2n) is 6.76. The van der Waals surface area contributed by atoms with Gasteiger partial charge in [-0.25, -0.2) is 4.79 Å². The summed E-state index contributed by atoms with van der Waals surface area (Å²) in [6.07, 6.45) is 0. The Bertz CT molecular complexity index is 1260. The monoisotopic (exact) mass is 377 g/mol. The largest absolute Gasteiger partial charge is 0.473 e.